The molecule has 0 aliphatic carbocycles. The summed E-state index contributed by atoms with van der Waals surface area (Å²) in [6.45, 7) is 0.642. The van der Waals surface area contributed by atoms with Crippen LogP contribution < -0.4 is 9.64 Å². The van der Waals surface area contributed by atoms with Crippen LogP contribution in [0.25, 0.3) is 10.9 Å². The van der Waals surface area contributed by atoms with E-state index in [4.69, 9.17) is 9.72 Å². The summed E-state index contributed by atoms with van der Waals surface area (Å²) in [5, 5.41) is 1.06. The molecule has 0 fully saturated rings. The molecule has 5 nitrogen and oxygen atoms in total. The van der Waals surface area contributed by atoms with Gasteiger partial charge in [0.05, 0.1) is 18.2 Å². The molecule has 0 N–H and O–H groups in total. The molecule has 1 aliphatic heterocycles. The third-order valence-electron chi connectivity index (χ3n) is 4.09. The number of nitrogens with zero attached hydrogens (tertiary/aromatic N) is 3. The van der Waals surface area contributed by atoms with Crippen LogP contribution >= 0.6 is 0 Å². The normalized spacial score (nSPS) is 13.2. The second kappa shape index (κ2) is 5.35. The Bertz CT molecular complexity index is 893. The number of rotatable bonds is 2. The van der Waals surface area contributed by atoms with Crippen molar-refractivity contribution in [3.05, 3.63) is 59.9 Å². The third kappa shape index (κ3) is 2.30. The second-order valence-electron chi connectivity index (χ2n) is 5.48. The Hall–Kier alpha value is -2.95. The minimum absolute atomic E-state index is 0.0633. The number of carbonyl (C=O) groups is 1. The fraction of sp³-hybridized carbons (Fsp3) is 0.167. The lowest BCUT2D eigenvalue weighted by Crippen LogP contribution is -2.29. The van der Waals surface area contributed by atoms with Gasteiger partial charge in [0.25, 0.3) is 5.91 Å². The molecule has 0 bridgehead atoms. The number of methoxy groups -OCH3 is 1. The van der Waals surface area contributed by atoms with E-state index in [1.165, 1.54) is 0 Å². The molecule has 0 saturated heterocycles. The first kappa shape index (κ1) is 13.7. The first-order valence-corrected chi connectivity index (χ1v) is 7.46. The molecular formula is C18H15N3O2. The summed E-state index contributed by atoms with van der Waals surface area (Å²) in [5.74, 6) is 1.43. The van der Waals surface area contributed by atoms with Gasteiger partial charge >= 0.3 is 0 Å². The minimum atomic E-state index is -0.0633. The van der Waals surface area contributed by atoms with Crippen molar-refractivity contribution >= 4 is 22.6 Å². The Morgan fingerprint density at radius 3 is 2.96 bits per heavy atom. The molecule has 3 aromatic rings. The van der Waals surface area contributed by atoms with Gasteiger partial charge in [-0.3, -0.25) is 14.7 Å². The Balaban J connectivity index is 1.78. The molecule has 5 heteroatoms. The summed E-state index contributed by atoms with van der Waals surface area (Å²) < 4.78 is 5.26. The van der Waals surface area contributed by atoms with Crippen molar-refractivity contribution in [2.24, 2.45) is 0 Å². The van der Waals surface area contributed by atoms with E-state index in [0.717, 1.165) is 34.5 Å². The predicted octanol–water partition coefficient (Wildman–Crippen LogP) is 2.84. The third-order valence-corrected chi connectivity index (χ3v) is 4.09. The largest absolute Gasteiger partial charge is 0.497 e. The highest BCUT2D eigenvalue weighted by atomic mass is 16.5. The average Bonchev–Trinajstić information content (AvgIpc) is 3.02. The summed E-state index contributed by atoms with van der Waals surface area (Å²) in [5.41, 5.74) is 2.50. The molecule has 1 amide bonds. The summed E-state index contributed by atoms with van der Waals surface area (Å²) in [6, 6.07) is 11.4. The van der Waals surface area contributed by atoms with Crippen molar-refractivity contribution in [3.8, 4) is 5.75 Å². The highest BCUT2D eigenvalue weighted by Gasteiger charge is 2.27. The lowest BCUT2D eigenvalue weighted by atomic mass is 10.1. The number of hydrogen-bond donors (Lipinski definition) is 0. The van der Waals surface area contributed by atoms with Crippen LogP contribution in [-0.2, 0) is 6.42 Å². The van der Waals surface area contributed by atoms with Crippen molar-refractivity contribution in [3.63, 3.8) is 0 Å². The van der Waals surface area contributed by atoms with Gasteiger partial charge in [-0.25, -0.2) is 4.98 Å². The molecule has 3 heterocycles. The maximum Gasteiger partial charge on any atom is 0.261 e. The maximum absolute atomic E-state index is 12.7. The van der Waals surface area contributed by atoms with Crippen molar-refractivity contribution in [2.45, 2.75) is 6.42 Å². The molecule has 114 valence electrons. The summed E-state index contributed by atoms with van der Waals surface area (Å²) in [6.07, 6.45) is 4.06. The molecular weight excluding hydrogens is 290 g/mol. The van der Waals surface area contributed by atoms with Crippen LogP contribution in [0.2, 0.25) is 0 Å². The molecule has 0 unspecified atom stereocenters. The highest BCUT2D eigenvalue weighted by molar-refractivity contribution is 6.07. The maximum atomic E-state index is 12.7. The van der Waals surface area contributed by atoms with E-state index in [1.54, 1.807) is 36.5 Å². The zero-order chi connectivity index (χ0) is 15.8. The molecule has 0 atom stereocenters. The van der Waals surface area contributed by atoms with Crippen molar-refractivity contribution in [2.75, 3.05) is 18.6 Å². The summed E-state index contributed by atoms with van der Waals surface area (Å²) in [4.78, 5) is 23.1. The van der Waals surface area contributed by atoms with E-state index in [-0.39, 0.29) is 5.91 Å². The van der Waals surface area contributed by atoms with Gasteiger partial charge < -0.3 is 4.74 Å². The predicted molar refractivity (Wildman–Crippen MR) is 87.9 cm³/mol. The molecule has 1 aromatic carbocycles. The van der Waals surface area contributed by atoms with Crippen LogP contribution in [0, 0.1) is 0 Å². The van der Waals surface area contributed by atoms with Gasteiger partial charge in [-0.05, 0) is 42.3 Å². The van der Waals surface area contributed by atoms with Crippen LogP contribution in [0.5, 0.6) is 5.75 Å². The number of carbonyl (C=O) groups excluding carboxylic acids is 1. The van der Waals surface area contributed by atoms with Crippen molar-refractivity contribution in [1.82, 2.24) is 9.97 Å². The highest BCUT2D eigenvalue weighted by Crippen LogP contribution is 2.31. The zero-order valence-corrected chi connectivity index (χ0v) is 12.7. The van der Waals surface area contributed by atoms with Crippen LogP contribution in [0.3, 0.4) is 0 Å². The summed E-state index contributed by atoms with van der Waals surface area (Å²) in [7, 11) is 1.63. The number of aromatic nitrogens is 2. The van der Waals surface area contributed by atoms with E-state index in [0.29, 0.717) is 12.1 Å². The van der Waals surface area contributed by atoms with Crippen LogP contribution in [-0.4, -0.2) is 29.5 Å². The van der Waals surface area contributed by atoms with Crippen molar-refractivity contribution in [1.29, 1.82) is 0 Å². The Labute approximate surface area is 133 Å². The topological polar surface area (TPSA) is 55.3 Å². The van der Waals surface area contributed by atoms with Gasteiger partial charge in [-0.2, -0.15) is 0 Å². The molecule has 1 aliphatic rings. The van der Waals surface area contributed by atoms with Gasteiger partial charge in [-0.1, -0.05) is 0 Å². The van der Waals surface area contributed by atoms with Gasteiger partial charge in [0.15, 0.2) is 0 Å². The number of pyridine rings is 2. The van der Waals surface area contributed by atoms with Gasteiger partial charge in [0.1, 0.15) is 11.6 Å². The second-order valence-corrected chi connectivity index (χ2v) is 5.48. The fourth-order valence-corrected chi connectivity index (χ4v) is 2.91. The van der Waals surface area contributed by atoms with E-state index in [1.807, 2.05) is 18.2 Å². The Morgan fingerprint density at radius 1 is 1.26 bits per heavy atom. The molecule has 2 aromatic heterocycles. The van der Waals surface area contributed by atoms with E-state index in [2.05, 4.69) is 11.1 Å². The lowest BCUT2D eigenvalue weighted by molar-refractivity contribution is 0.0988. The zero-order valence-electron chi connectivity index (χ0n) is 12.7. The van der Waals surface area contributed by atoms with Gasteiger partial charge in [-0.15, -0.1) is 0 Å². The quantitative estimate of drug-likeness (QED) is 0.730. The number of amides is 1. The van der Waals surface area contributed by atoms with E-state index >= 15 is 0 Å². The number of hydrogen-bond acceptors (Lipinski definition) is 4. The SMILES string of the molecule is COc1ccc2cc3c(nc2c1)N(C(=O)c1cccnc1)CC3. The Kier molecular flexibility index (Phi) is 3.19. The smallest absolute Gasteiger partial charge is 0.261 e. The van der Waals surface area contributed by atoms with Crippen LogP contribution in [0.15, 0.2) is 48.8 Å². The number of benzene rings is 1. The van der Waals surface area contributed by atoms with Gasteiger partial charge in [0.2, 0.25) is 0 Å². The first-order chi connectivity index (χ1) is 11.3. The number of anilines is 1. The minimum Gasteiger partial charge on any atom is -0.497 e. The Morgan fingerprint density at radius 2 is 2.17 bits per heavy atom. The summed E-state index contributed by atoms with van der Waals surface area (Å²) >= 11 is 0. The fourth-order valence-electron chi connectivity index (χ4n) is 2.91. The average molecular weight is 305 g/mol. The van der Waals surface area contributed by atoms with E-state index in [9.17, 15) is 4.79 Å². The first-order valence-electron chi connectivity index (χ1n) is 7.46. The lowest BCUT2D eigenvalue weighted by Gasteiger charge is -2.16. The molecule has 0 saturated carbocycles. The van der Waals surface area contributed by atoms with Crippen molar-refractivity contribution < 1.29 is 9.53 Å². The monoisotopic (exact) mass is 305 g/mol. The van der Waals surface area contributed by atoms with E-state index < -0.39 is 0 Å². The molecule has 23 heavy (non-hydrogen) atoms. The number of ether oxygens (including phenoxy) is 1. The molecule has 0 radical (unpaired) electrons. The van der Waals surface area contributed by atoms with Gasteiger partial charge in [0, 0.05) is 30.4 Å². The molecule has 0 spiro atoms. The van der Waals surface area contributed by atoms with Crippen LogP contribution in [0.4, 0.5) is 5.82 Å². The standard InChI is InChI=1S/C18H15N3O2/c1-23-15-5-4-12-9-13-6-8-21(17(13)20-16(12)10-15)18(22)14-3-2-7-19-11-14/h2-5,7,9-11H,6,8H2,1H3. The molecule has 4 rings (SSSR count). The van der Waals surface area contributed by atoms with Crippen LogP contribution in [0.1, 0.15) is 15.9 Å². The number of fused-ring (bicyclic) bond motifs is 2.